The van der Waals surface area contributed by atoms with Crippen LogP contribution in [0.1, 0.15) is 111 Å². The molecule has 2 aliphatic carbocycles. The Balaban J connectivity index is 2.21. The molecule has 2 fully saturated rings. The molecule has 3 aliphatic rings. The highest BCUT2D eigenvalue weighted by Gasteiger charge is 2.77. The van der Waals surface area contributed by atoms with Crippen LogP contribution in [0, 0.1) is 22.2 Å². The number of rotatable bonds is 10. The highest BCUT2D eigenvalue weighted by Crippen LogP contribution is 2.70. The second kappa shape index (κ2) is 12.1. The van der Waals surface area contributed by atoms with Crippen molar-refractivity contribution in [2.24, 2.45) is 22.2 Å². The number of carbonyl (C=O) groups excluding carboxylic acids is 3. The number of fused-ring (bicyclic) bond motifs is 1. The van der Waals surface area contributed by atoms with Gasteiger partial charge >= 0.3 is 0 Å². The lowest BCUT2D eigenvalue weighted by Gasteiger charge is -2.61. The molecular weight excluding hydrogens is 568 g/mol. The van der Waals surface area contributed by atoms with E-state index in [0.717, 1.165) is 11.1 Å². The maximum absolute atomic E-state index is 15.6. The number of ketones is 3. The van der Waals surface area contributed by atoms with Gasteiger partial charge in [0.2, 0.25) is 0 Å². The predicted molar refractivity (Wildman–Crippen MR) is 174 cm³/mol. The Morgan fingerprint density at radius 1 is 1.02 bits per heavy atom. The van der Waals surface area contributed by atoms with Gasteiger partial charge in [-0.3, -0.25) is 14.4 Å². The number of hydrogen-bond donors (Lipinski definition) is 3. The number of ether oxygens (including phenoxy) is 1. The molecule has 1 aromatic carbocycles. The van der Waals surface area contributed by atoms with E-state index in [9.17, 15) is 15.3 Å². The molecule has 1 aromatic rings. The third-order valence-electron chi connectivity index (χ3n) is 10.7. The Morgan fingerprint density at radius 3 is 2.16 bits per heavy atom. The molecule has 1 aliphatic heterocycles. The Labute approximate surface area is 268 Å². The summed E-state index contributed by atoms with van der Waals surface area (Å²) in [4.78, 5) is 45.9. The third kappa shape index (κ3) is 5.81. The molecule has 2 bridgehead atoms. The highest BCUT2D eigenvalue weighted by molar-refractivity contribution is 6.30. The van der Waals surface area contributed by atoms with E-state index >= 15 is 14.4 Å². The van der Waals surface area contributed by atoms with E-state index in [0.29, 0.717) is 24.8 Å². The zero-order chi connectivity index (χ0) is 33.8. The number of aliphatic hydroxyl groups is 3. The van der Waals surface area contributed by atoms with Gasteiger partial charge in [0.1, 0.15) is 11.9 Å². The second-order valence-electron chi connectivity index (χ2n) is 15.5. The van der Waals surface area contributed by atoms with E-state index in [4.69, 9.17) is 4.74 Å². The molecule has 246 valence electrons. The fourth-order valence-electron chi connectivity index (χ4n) is 7.85. The first-order chi connectivity index (χ1) is 20.7. The minimum absolute atomic E-state index is 0.0475. The van der Waals surface area contributed by atoms with Gasteiger partial charge in [0, 0.05) is 11.1 Å². The minimum Gasteiger partial charge on any atom is -0.490 e. The van der Waals surface area contributed by atoms with Crippen molar-refractivity contribution in [1.82, 2.24) is 0 Å². The second-order valence-corrected chi connectivity index (χ2v) is 15.5. The predicted octanol–water partition coefficient (Wildman–Crippen LogP) is 6.46. The van der Waals surface area contributed by atoms with Gasteiger partial charge in [-0.15, -0.1) is 0 Å². The van der Waals surface area contributed by atoms with E-state index in [1.807, 2.05) is 40.7 Å². The summed E-state index contributed by atoms with van der Waals surface area (Å²) in [5.74, 6) is -1.76. The van der Waals surface area contributed by atoms with E-state index < -0.39 is 57.0 Å². The minimum atomic E-state index is -1.90. The molecule has 1 saturated carbocycles. The topological polar surface area (TPSA) is 121 Å². The number of hydrogen-bond acceptors (Lipinski definition) is 7. The van der Waals surface area contributed by atoms with Crippen LogP contribution in [0.15, 0.2) is 65.0 Å². The zero-order valence-electron chi connectivity index (χ0n) is 28.5. The number of benzene rings is 1. The number of aliphatic hydroxyl groups excluding tert-OH is 1. The van der Waals surface area contributed by atoms with Gasteiger partial charge < -0.3 is 20.1 Å². The largest absolute Gasteiger partial charge is 0.490 e. The monoisotopic (exact) mass is 620 g/mol. The summed E-state index contributed by atoms with van der Waals surface area (Å²) < 4.78 is 6.73. The van der Waals surface area contributed by atoms with Crippen LogP contribution in [-0.2, 0) is 14.3 Å². The van der Waals surface area contributed by atoms with Crippen LogP contribution in [0.25, 0.3) is 0 Å². The van der Waals surface area contributed by atoms with Gasteiger partial charge in [-0.05, 0) is 105 Å². The van der Waals surface area contributed by atoms with Crippen LogP contribution in [0.2, 0.25) is 0 Å². The Kier molecular flexibility index (Phi) is 9.37. The van der Waals surface area contributed by atoms with E-state index in [1.165, 1.54) is 13.8 Å². The SMILES string of the molecule is CC(C)=CCC1=C2O[C@H](C(C)(C)O)CC[C@]3(C)[C@@H](CC=C(C)C)C[C@](C[C@H](O)C(C)(C)O)(C1=O)C(=O)[C@]23C(=O)c1ccccc1. The highest BCUT2D eigenvalue weighted by atomic mass is 16.5. The lowest BCUT2D eigenvalue weighted by molar-refractivity contribution is -0.173. The molecule has 7 nitrogen and oxygen atoms in total. The smallest absolute Gasteiger partial charge is 0.184 e. The van der Waals surface area contributed by atoms with Crippen molar-refractivity contribution >= 4 is 17.3 Å². The fourth-order valence-corrected chi connectivity index (χ4v) is 7.85. The summed E-state index contributed by atoms with van der Waals surface area (Å²) in [6.07, 6.45) is 2.98. The first-order valence-electron chi connectivity index (χ1n) is 16.2. The molecule has 4 rings (SSSR count). The van der Waals surface area contributed by atoms with Crippen molar-refractivity contribution in [1.29, 1.82) is 0 Å². The van der Waals surface area contributed by atoms with Gasteiger partial charge in [0.05, 0.1) is 22.7 Å². The van der Waals surface area contributed by atoms with Gasteiger partial charge in [0.25, 0.3) is 0 Å². The number of allylic oxidation sites excluding steroid dienone is 6. The molecule has 0 unspecified atom stereocenters. The summed E-state index contributed by atoms with van der Waals surface area (Å²) in [5.41, 5.74) is -5.02. The number of Topliss-reactive ketones (excluding diaryl/α,β-unsaturated/α-hetero) is 3. The summed E-state index contributed by atoms with van der Waals surface area (Å²) in [5, 5.41) is 33.5. The van der Waals surface area contributed by atoms with Crippen molar-refractivity contribution < 1.29 is 34.4 Å². The van der Waals surface area contributed by atoms with Crippen LogP contribution >= 0.6 is 0 Å². The molecule has 0 spiro atoms. The summed E-state index contributed by atoms with van der Waals surface area (Å²) in [7, 11) is 0. The normalized spacial score (nSPS) is 30.7. The van der Waals surface area contributed by atoms with Crippen LogP contribution in [-0.4, -0.2) is 56.1 Å². The molecule has 1 saturated heterocycles. The van der Waals surface area contributed by atoms with E-state index in [2.05, 4.69) is 6.08 Å². The van der Waals surface area contributed by atoms with E-state index in [1.54, 1.807) is 44.2 Å². The van der Waals surface area contributed by atoms with Crippen molar-refractivity contribution in [3.63, 3.8) is 0 Å². The molecule has 45 heavy (non-hydrogen) atoms. The molecule has 0 radical (unpaired) electrons. The quantitative estimate of drug-likeness (QED) is 0.156. The molecule has 0 amide bonds. The zero-order valence-corrected chi connectivity index (χ0v) is 28.5. The standard InChI is InChI=1S/C38H52O7/c1-23(2)15-17-26-21-37(22-28(39)34(5,6)43)31(41)27(18-16-24(3)4)32-38(33(37)42,30(40)25-13-11-10-12-14-25)36(26,9)20-19-29(45-32)35(7,8)44/h10-16,26,28-29,39,43-44H,17-22H2,1-9H3/t26-,28-,29-,36+,37-,38-/m0/s1. The van der Waals surface area contributed by atoms with Gasteiger partial charge in [-0.2, -0.15) is 0 Å². The van der Waals surface area contributed by atoms with Crippen LogP contribution in [0.5, 0.6) is 0 Å². The molecule has 0 aromatic heterocycles. The lowest BCUT2D eigenvalue weighted by Crippen LogP contribution is -2.70. The van der Waals surface area contributed by atoms with Crippen LogP contribution in [0.3, 0.4) is 0 Å². The maximum Gasteiger partial charge on any atom is 0.184 e. The van der Waals surface area contributed by atoms with Gasteiger partial charge in [-0.25, -0.2) is 0 Å². The van der Waals surface area contributed by atoms with Crippen LogP contribution < -0.4 is 0 Å². The molecule has 7 heteroatoms. The summed E-state index contributed by atoms with van der Waals surface area (Å²) in [6, 6.07) is 8.68. The Hall–Kier alpha value is -2.87. The average molecular weight is 621 g/mol. The molecule has 3 N–H and O–H groups in total. The van der Waals surface area contributed by atoms with Gasteiger partial charge in [0.15, 0.2) is 22.8 Å². The van der Waals surface area contributed by atoms with E-state index in [-0.39, 0.29) is 36.5 Å². The first kappa shape index (κ1) is 35.0. The third-order valence-corrected chi connectivity index (χ3v) is 10.7. The Morgan fingerprint density at radius 2 is 1.62 bits per heavy atom. The van der Waals surface area contributed by atoms with Crippen molar-refractivity contribution in [2.45, 2.75) is 124 Å². The molecule has 6 atom stereocenters. The van der Waals surface area contributed by atoms with Crippen LogP contribution in [0.4, 0.5) is 0 Å². The maximum atomic E-state index is 15.6. The van der Waals surface area contributed by atoms with Crippen molar-refractivity contribution in [3.05, 3.63) is 70.5 Å². The van der Waals surface area contributed by atoms with Crippen molar-refractivity contribution in [3.8, 4) is 0 Å². The molecule has 1 heterocycles. The fraction of sp³-hybridized carbons (Fsp3) is 0.605. The lowest BCUT2D eigenvalue weighted by atomic mass is 9.38. The Bertz CT molecular complexity index is 1430. The summed E-state index contributed by atoms with van der Waals surface area (Å²) in [6.45, 7) is 16.0. The van der Waals surface area contributed by atoms with Crippen molar-refractivity contribution in [2.75, 3.05) is 0 Å². The molecular formula is C38H52O7. The van der Waals surface area contributed by atoms with Gasteiger partial charge in [-0.1, -0.05) is 60.6 Å². The number of carbonyl (C=O) groups is 3. The first-order valence-corrected chi connectivity index (χ1v) is 16.2. The average Bonchev–Trinajstić information content (AvgIpc) is 3.09. The summed E-state index contributed by atoms with van der Waals surface area (Å²) >= 11 is 0.